The lowest BCUT2D eigenvalue weighted by Gasteiger charge is -2.19. The molecule has 1 aliphatic rings. The molecule has 2 amide bonds. The third-order valence-electron chi connectivity index (χ3n) is 3.58. The molecule has 1 N–H and O–H groups in total. The van der Waals surface area contributed by atoms with E-state index in [2.05, 4.69) is 17.5 Å². The standard InChI is InChI=1S/C16H18Cl2N2O2/c1-20(15(22)9-11-5-2-3-6-11)10-14(21)19-16-12(17)7-4-8-13(16)18/h2,4-5,7-8,11H,3,6,9-10H2,1H3,(H,19,21)/t11-/m1/s1. The van der Waals surface area contributed by atoms with Gasteiger partial charge in [0.25, 0.3) is 0 Å². The molecule has 0 heterocycles. The van der Waals surface area contributed by atoms with Gasteiger partial charge < -0.3 is 10.2 Å². The highest BCUT2D eigenvalue weighted by Gasteiger charge is 2.19. The van der Waals surface area contributed by atoms with Crippen molar-refractivity contribution in [3.63, 3.8) is 0 Å². The zero-order valence-electron chi connectivity index (χ0n) is 12.3. The van der Waals surface area contributed by atoms with Crippen molar-refractivity contribution in [3.05, 3.63) is 40.4 Å². The monoisotopic (exact) mass is 340 g/mol. The van der Waals surface area contributed by atoms with Crippen LogP contribution in [0.3, 0.4) is 0 Å². The van der Waals surface area contributed by atoms with Gasteiger partial charge in [0, 0.05) is 13.5 Å². The number of anilines is 1. The van der Waals surface area contributed by atoms with Gasteiger partial charge in [-0.1, -0.05) is 41.4 Å². The van der Waals surface area contributed by atoms with Crippen LogP contribution >= 0.6 is 23.2 Å². The number of amides is 2. The molecule has 0 aromatic heterocycles. The molecule has 0 unspecified atom stereocenters. The first-order valence-corrected chi connectivity index (χ1v) is 7.87. The SMILES string of the molecule is CN(CC(=O)Nc1c(Cl)cccc1Cl)C(=O)C[C@@H]1C=CCC1. The Kier molecular flexibility index (Phi) is 5.86. The normalized spacial score (nSPS) is 16.6. The van der Waals surface area contributed by atoms with Gasteiger partial charge in [-0.15, -0.1) is 0 Å². The van der Waals surface area contributed by atoms with Crippen LogP contribution in [0.4, 0.5) is 5.69 Å². The van der Waals surface area contributed by atoms with Crippen LogP contribution in [0, 0.1) is 5.92 Å². The molecular formula is C16H18Cl2N2O2. The van der Waals surface area contributed by atoms with E-state index < -0.39 is 0 Å². The summed E-state index contributed by atoms with van der Waals surface area (Å²) in [6.07, 6.45) is 6.61. The van der Waals surface area contributed by atoms with Gasteiger partial charge in [-0.25, -0.2) is 0 Å². The maximum Gasteiger partial charge on any atom is 0.244 e. The summed E-state index contributed by atoms with van der Waals surface area (Å²) >= 11 is 12.0. The molecule has 118 valence electrons. The van der Waals surface area contributed by atoms with E-state index in [0.29, 0.717) is 22.2 Å². The number of nitrogens with one attached hydrogen (secondary N) is 1. The fourth-order valence-electron chi connectivity index (χ4n) is 2.35. The zero-order valence-corrected chi connectivity index (χ0v) is 13.8. The highest BCUT2D eigenvalue weighted by molar-refractivity contribution is 6.39. The van der Waals surface area contributed by atoms with E-state index >= 15 is 0 Å². The quantitative estimate of drug-likeness (QED) is 0.830. The first-order valence-electron chi connectivity index (χ1n) is 7.12. The van der Waals surface area contributed by atoms with Crippen molar-refractivity contribution in [2.75, 3.05) is 18.9 Å². The van der Waals surface area contributed by atoms with Gasteiger partial charge in [0.2, 0.25) is 11.8 Å². The van der Waals surface area contributed by atoms with Crippen molar-refractivity contribution < 1.29 is 9.59 Å². The third kappa shape index (κ3) is 4.49. The Labute approximate surface area is 140 Å². The topological polar surface area (TPSA) is 49.4 Å². The van der Waals surface area contributed by atoms with E-state index in [-0.39, 0.29) is 24.3 Å². The summed E-state index contributed by atoms with van der Waals surface area (Å²) in [6.45, 7) is -0.0309. The summed E-state index contributed by atoms with van der Waals surface area (Å²) < 4.78 is 0. The number of halogens is 2. The minimum absolute atomic E-state index is 0.0309. The molecule has 4 nitrogen and oxygen atoms in total. The number of likely N-dealkylation sites (N-methyl/N-ethyl adjacent to an activating group) is 1. The number of hydrogen-bond acceptors (Lipinski definition) is 2. The summed E-state index contributed by atoms with van der Waals surface area (Å²) in [6, 6.07) is 4.99. The maximum absolute atomic E-state index is 12.1. The summed E-state index contributed by atoms with van der Waals surface area (Å²) in [4.78, 5) is 25.5. The fourth-order valence-corrected chi connectivity index (χ4v) is 2.84. The van der Waals surface area contributed by atoms with Crippen LogP contribution in [-0.4, -0.2) is 30.3 Å². The largest absolute Gasteiger partial charge is 0.336 e. The van der Waals surface area contributed by atoms with E-state index in [4.69, 9.17) is 23.2 Å². The van der Waals surface area contributed by atoms with Gasteiger partial charge in [0.1, 0.15) is 0 Å². The van der Waals surface area contributed by atoms with Crippen LogP contribution in [0.1, 0.15) is 19.3 Å². The minimum Gasteiger partial charge on any atom is -0.336 e. The molecule has 0 saturated carbocycles. The Hall–Kier alpha value is -1.52. The van der Waals surface area contributed by atoms with Crippen LogP contribution in [-0.2, 0) is 9.59 Å². The molecule has 6 heteroatoms. The van der Waals surface area contributed by atoms with Crippen molar-refractivity contribution in [2.24, 2.45) is 5.92 Å². The number of para-hydroxylation sites is 1. The molecule has 2 rings (SSSR count). The van der Waals surface area contributed by atoms with Crippen molar-refractivity contribution >= 4 is 40.7 Å². The number of allylic oxidation sites excluding steroid dienone is 2. The first kappa shape index (κ1) is 16.8. The predicted molar refractivity (Wildman–Crippen MR) is 89.2 cm³/mol. The highest BCUT2D eigenvalue weighted by Crippen LogP contribution is 2.29. The van der Waals surface area contributed by atoms with Crippen molar-refractivity contribution in [1.82, 2.24) is 4.90 Å². The second-order valence-corrected chi connectivity index (χ2v) is 6.18. The second-order valence-electron chi connectivity index (χ2n) is 5.36. The van der Waals surface area contributed by atoms with E-state index in [0.717, 1.165) is 12.8 Å². The van der Waals surface area contributed by atoms with E-state index in [1.807, 2.05) is 0 Å². The summed E-state index contributed by atoms with van der Waals surface area (Å²) in [5, 5.41) is 3.38. The molecule has 22 heavy (non-hydrogen) atoms. The summed E-state index contributed by atoms with van der Waals surface area (Å²) in [5.41, 5.74) is 0.371. The van der Waals surface area contributed by atoms with Gasteiger partial charge in [-0.2, -0.15) is 0 Å². The highest BCUT2D eigenvalue weighted by atomic mass is 35.5. The number of benzene rings is 1. The molecule has 1 aromatic rings. The molecule has 0 fully saturated rings. The lowest BCUT2D eigenvalue weighted by molar-refractivity contribution is -0.133. The Bertz CT molecular complexity index is 582. The molecule has 1 aliphatic carbocycles. The molecule has 0 saturated heterocycles. The second kappa shape index (κ2) is 7.65. The van der Waals surface area contributed by atoms with Crippen LogP contribution in [0.25, 0.3) is 0 Å². The minimum atomic E-state index is -0.326. The average molecular weight is 341 g/mol. The lowest BCUT2D eigenvalue weighted by Crippen LogP contribution is -2.35. The van der Waals surface area contributed by atoms with Gasteiger partial charge in [0.15, 0.2) is 0 Å². The lowest BCUT2D eigenvalue weighted by atomic mass is 10.0. The van der Waals surface area contributed by atoms with Crippen LogP contribution in [0.2, 0.25) is 10.0 Å². The Morgan fingerprint density at radius 1 is 1.32 bits per heavy atom. The van der Waals surface area contributed by atoms with Crippen LogP contribution < -0.4 is 5.32 Å². The third-order valence-corrected chi connectivity index (χ3v) is 4.21. The number of nitrogens with zero attached hydrogens (tertiary/aromatic N) is 1. The molecule has 0 aliphatic heterocycles. The molecule has 0 bridgehead atoms. The number of carbonyl (C=O) groups excluding carboxylic acids is 2. The molecule has 0 spiro atoms. The van der Waals surface area contributed by atoms with E-state index in [1.165, 1.54) is 4.90 Å². The summed E-state index contributed by atoms with van der Waals surface area (Å²) in [5.74, 6) is -0.0826. The first-order chi connectivity index (χ1) is 10.5. The van der Waals surface area contributed by atoms with Gasteiger partial charge in [-0.05, 0) is 30.9 Å². The van der Waals surface area contributed by atoms with Gasteiger partial charge in [-0.3, -0.25) is 9.59 Å². The maximum atomic E-state index is 12.1. The van der Waals surface area contributed by atoms with Crippen LogP contribution in [0.15, 0.2) is 30.4 Å². The molecular weight excluding hydrogens is 323 g/mol. The van der Waals surface area contributed by atoms with Crippen molar-refractivity contribution in [3.8, 4) is 0 Å². The van der Waals surface area contributed by atoms with Crippen molar-refractivity contribution in [2.45, 2.75) is 19.3 Å². The fraction of sp³-hybridized carbons (Fsp3) is 0.375. The Morgan fingerprint density at radius 2 is 2.00 bits per heavy atom. The summed E-state index contributed by atoms with van der Waals surface area (Å²) in [7, 11) is 1.62. The van der Waals surface area contributed by atoms with Gasteiger partial charge >= 0.3 is 0 Å². The predicted octanol–water partition coefficient (Wildman–Crippen LogP) is 3.75. The number of hydrogen-bond donors (Lipinski definition) is 1. The Balaban J connectivity index is 1.88. The smallest absolute Gasteiger partial charge is 0.244 e. The molecule has 1 aromatic carbocycles. The van der Waals surface area contributed by atoms with Gasteiger partial charge in [0.05, 0.1) is 22.3 Å². The van der Waals surface area contributed by atoms with E-state index in [9.17, 15) is 9.59 Å². The van der Waals surface area contributed by atoms with Crippen LogP contribution in [0.5, 0.6) is 0 Å². The molecule has 1 atom stereocenters. The molecule has 0 radical (unpaired) electrons. The number of carbonyl (C=O) groups is 2. The zero-order chi connectivity index (χ0) is 16.1. The van der Waals surface area contributed by atoms with Crippen molar-refractivity contribution in [1.29, 1.82) is 0 Å². The Morgan fingerprint density at radius 3 is 2.59 bits per heavy atom. The number of rotatable bonds is 5. The average Bonchev–Trinajstić information content (AvgIpc) is 2.96. The van der Waals surface area contributed by atoms with E-state index in [1.54, 1.807) is 25.2 Å².